The third-order valence-corrected chi connectivity index (χ3v) is 3.07. The monoisotopic (exact) mass is 285 g/mol. The molecule has 0 unspecified atom stereocenters. The average Bonchev–Trinajstić information content (AvgIpc) is 2.32. The SMILES string of the molecule is C=CC(=O)N1CC(/C=C/C(C)=C/C=C(\C)C(F)(F)F)C1. The number of nitrogens with zero attached hydrogens (tertiary/aromatic N) is 1. The maximum atomic E-state index is 12.3. The zero-order valence-electron chi connectivity index (χ0n) is 11.6. The molecule has 1 aliphatic rings. The van der Waals surface area contributed by atoms with E-state index in [9.17, 15) is 18.0 Å². The molecule has 0 aromatic carbocycles. The van der Waals surface area contributed by atoms with Crippen molar-refractivity contribution in [1.29, 1.82) is 0 Å². The van der Waals surface area contributed by atoms with Crippen LogP contribution in [0.15, 0.2) is 48.1 Å². The van der Waals surface area contributed by atoms with E-state index in [-0.39, 0.29) is 11.8 Å². The molecule has 1 rings (SSSR count). The molecule has 0 spiro atoms. The van der Waals surface area contributed by atoms with Crippen molar-refractivity contribution in [1.82, 2.24) is 4.90 Å². The van der Waals surface area contributed by atoms with Crippen molar-refractivity contribution in [2.45, 2.75) is 20.0 Å². The summed E-state index contributed by atoms with van der Waals surface area (Å²) in [4.78, 5) is 12.9. The second kappa shape index (κ2) is 6.59. The summed E-state index contributed by atoms with van der Waals surface area (Å²) in [5.74, 6) is 0.167. The highest BCUT2D eigenvalue weighted by atomic mass is 19.4. The molecule has 1 saturated heterocycles. The lowest BCUT2D eigenvalue weighted by atomic mass is 9.98. The Kier molecular flexibility index (Phi) is 5.36. The third kappa shape index (κ3) is 4.72. The quantitative estimate of drug-likeness (QED) is 0.570. The molecular weight excluding hydrogens is 267 g/mol. The second-order valence-electron chi connectivity index (χ2n) is 4.82. The normalized spacial score (nSPS) is 18.4. The Morgan fingerprint density at radius 2 is 1.85 bits per heavy atom. The van der Waals surface area contributed by atoms with E-state index in [1.165, 1.54) is 12.2 Å². The maximum absolute atomic E-state index is 12.3. The van der Waals surface area contributed by atoms with E-state index in [4.69, 9.17) is 0 Å². The molecule has 5 heteroatoms. The fraction of sp³-hybridized carbons (Fsp3) is 0.400. The molecule has 0 aromatic heterocycles. The lowest BCUT2D eigenvalue weighted by molar-refractivity contribution is -0.130. The highest BCUT2D eigenvalue weighted by Crippen LogP contribution is 2.25. The number of allylic oxidation sites excluding steroid dienone is 5. The lowest BCUT2D eigenvalue weighted by Gasteiger charge is -2.37. The summed E-state index contributed by atoms with van der Waals surface area (Å²) in [5, 5.41) is 0. The molecule has 1 aliphatic heterocycles. The summed E-state index contributed by atoms with van der Waals surface area (Å²) >= 11 is 0. The molecule has 2 nitrogen and oxygen atoms in total. The largest absolute Gasteiger partial charge is 0.412 e. The molecule has 1 fully saturated rings. The van der Waals surface area contributed by atoms with E-state index in [2.05, 4.69) is 6.58 Å². The lowest BCUT2D eigenvalue weighted by Crippen LogP contribution is -2.48. The first kappa shape index (κ1) is 16.3. The van der Waals surface area contributed by atoms with Gasteiger partial charge in [0.2, 0.25) is 5.91 Å². The van der Waals surface area contributed by atoms with Crippen LogP contribution in [0.1, 0.15) is 13.8 Å². The highest BCUT2D eigenvalue weighted by molar-refractivity contribution is 5.87. The van der Waals surface area contributed by atoms with Gasteiger partial charge in [0.05, 0.1) is 0 Å². The fourth-order valence-corrected chi connectivity index (χ4v) is 1.64. The van der Waals surface area contributed by atoms with Crippen LogP contribution in [0, 0.1) is 5.92 Å². The minimum Gasteiger partial charge on any atom is -0.338 e. The Bertz CT molecular complexity index is 466. The molecule has 0 atom stereocenters. The zero-order valence-corrected chi connectivity index (χ0v) is 11.6. The van der Waals surface area contributed by atoms with Crippen molar-refractivity contribution in [3.63, 3.8) is 0 Å². The first-order valence-corrected chi connectivity index (χ1v) is 6.26. The van der Waals surface area contributed by atoms with Gasteiger partial charge in [0, 0.05) is 24.6 Å². The van der Waals surface area contributed by atoms with E-state index in [1.54, 1.807) is 17.9 Å². The molecule has 0 radical (unpaired) electrons. The van der Waals surface area contributed by atoms with Crippen molar-refractivity contribution >= 4 is 5.91 Å². The van der Waals surface area contributed by atoms with Gasteiger partial charge in [0.25, 0.3) is 0 Å². The van der Waals surface area contributed by atoms with Gasteiger partial charge < -0.3 is 4.90 Å². The Morgan fingerprint density at radius 1 is 1.25 bits per heavy atom. The van der Waals surface area contributed by atoms with Gasteiger partial charge in [-0.3, -0.25) is 4.79 Å². The summed E-state index contributed by atoms with van der Waals surface area (Å²) in [6.45, 7) is 7.45. The number of carbonyl (C=O) groups is 1. The maximum Gasteiger partial charge on any atom is 0.412 e. The molecule has 0 bridgehead atoms. The summed E-state index contributed by atoms with van der Waals surface area (Å²) in [6.07, 6.45) is 3.18. The molecule has 0 aromatic rings. The van der Waals surface area contributed by atoms with E-state index in [0.717, 1.165) is 18.6 Å². The van der Waals surface area contributed by atoms with Gasteiger partial charge in [-0.25, -0.2) is 0 Å². The van der Waals surface area contributed by atoms with Crippen LogP contribution in [0.5, 0.6) is 0 Å². The second-order valence-corrected chi connectivity index (χ2v) is 4.82. The summed E-state index contributed by atoms with van der Waals surface area (Å²) in [7, 11) is 0. The van der Waals surface area contributed by atoms with Gasteiger partial charge in [0.1, 0.15) is 0 Å². The van der Waals surface area contributed by atoms with Gasteiger partial charge in [-0.1, -0.05) is 36.5 Å². The standard InChI is InChI=1S/C15H18F3NO/c1-4-14(20)19-9-13(10-19)8-6-11(2)5-7-12(3)15(16,17)18/h4-8,13H,1,9-10H2,2-3H3/b8-6+,11-5+,12-7+. The van der Waals surface area contributed by atoms with Gasteiger partial charge in [-0.15, -0.1) is 0 Å². The van der Waals surface area contributed by atoms with Crippen LogP contribution in [0.2, 0.25) is 0 Å². The van der Waals surface area contributed by atoms with Crippen molar-refractivity contribution in [2.75, 3.05) is 13.1 Å². The van der Waals surface area contributed by atoms with Crippen LogP contribution < -0.4 is 0 Å². The zero-order chi connectivity index (χ0) is 15.3. The molecular formula is C15H18F3NO. The van der Waals surface area contributed by atoms with Gasteiger partial charge in [-0.05, 0) is 19.9 Å². The summed E-state index contributed by atoms with van der Waals surface area (Å²) in [6, 6.07) is 0. The predicted octanol–water partition coefficient (Wildman–Crippen LogP) is 3.64. The Hall–Kier alpha value is -1.78. The molecule has 1 amide bonds. The Labute approximate surface area is 117 Å². The van der Waals surface area contributed by atoms with Gasteiger partial charge >= 0.3 is 6.18 Å². The highest BCUT2D eigenvalue weighted by Gasteiger charge is 2.29. The molecule has 0 N–H and O–H groups in total. The van der Waals surface area contributed by atoms with Crippen LogP contribution >= 0.6 is 0 Å². The molecule has 1 heterocycles. The van der Waals surface area contributed by atoms with E-state index < -0.39 is 11.7 Å². The summed E-state index contributed by atoms with van der Waals surface area (Å²) < 4.78 is 36.8. The molecule has 110 valence electrons. The van der Waals surface area contributed by atoms with E-state index >= 15 is 0 Å². The molecule has 0 aliphatic carbocycles. The Balaban J connectivity index is 2.48. The van der Waals surface area contributed by atoms with E-state index in [1.807, 2.05) is 6.08 Å². The Morgan fingerprint density at radius 3 is 2.35 bits per heavy atom. The first-order valence-electron chi connectivity index (χ1n) is 6.26. The first-order chi connectivity index (χ1) is 9.24. The van der Waals surface area contributed by atoms with E-state index in [0.29, 0.717) is 13.1 Å². The number of likely N-dealkylation sites (tertiary alicyclic amines) is 1. The molecule has 0 saturated carbocycles. The predicted molar refractivity (Wildman–Crippen MR) is 73.0 cm³/mol. The number of rotatable bonds is 4. The fourth-order valence-electron chi connectivity index (χ4n) is 1.64. The topological polar surface area (TPSA) is 20.3 Å². The van der Waals surface area contributed by atoms with Crippen LogP contribution in [-0.4, -0.2) is 30.1 Å². The van der Waals surface area contributed by atoms with Crippen LogP contribution in [0.3, 0.4) is 0 Å². The molecule has 20 heavy (non-hydrogen) atoms. The van der Waals surface area contributed by atoms with Crippen molar-refractivity contribution in [2.24, 2.45) is 5.92 Å². The van der Waals surface area contributed by atoms with Crippen LogP contribution in [0.25, 0.3) is 0 Å². The van der Waals surface area contributed by atoms with Crippen molar-refractivity contribution in [3.05, 3.63) is 48.1 Å². The minimum atomic E-state index is -4.28. The van der Waals surface area contributed by atoms with Gasteiger partial charge in [-0.2, -0.15) is 13.2 Å². The van der Waals surface area contributed by atoms with Crippen LogP contribution in [0.4, 0.5) is 13.2 Å². The van der Waals surface area contributed by atoms with Gasteiger partial charge in [0.15, 0.2) is 0 Å². The van der Waals surface area contributed by atoms with Crippen molar-refractivity contribution in [3.8, 4) is 0 Å². The minimum absolute atomic E-state index is 0.0920. The number of hydrogen-bond donors (Lipinski definition) is 0. The number of alkyl halides is 3. The summed E-state index contributed by atoms with van der Waals surface area (Å²) in [5.41, 5.74) is 0.110. The van der Waals surface area contributed by atoms with Crippen molar-refractivity contribution < 1.29 is 18.0 Å². The smallest absolute Gasteiger partial charge is 0.338 e. The third-order valence-electron chi connectivity index (χ3n) is 3.07. The number of amides is 1. The number of carbonyl (C=O) groups excluding carboxylic acids is 1. The average molecular weight is 285 g/mol. The van der Waals surface area contributed by atoms with Crippen LogP contribution in [-0.2, 0) is 4.79 Å². The number of hydrogen-bond acceptors (Lipinski definition) is 1. The number of halogens is 3.